The van der Waals surface area contributed by atoms with Crippen molar-refractivity contribution in [2.45, 2.75) is 32.8 Å². The molecule has 1 N–H and O–H groups in total. The van der Waals surface area contributed by atoms with Crippen molar-refractivity contribution in [1.82, 2.24) is 10.3 Å². The molecule has 1 rings (SSSR count). The average Bonchev–Trinajstić information content (AvgIpc) is 2.28. The monoisotopic (exact) mass is 284 g/mol. The number of nitrogens with zero attached hydrogens (tertiary/aromatic N) is 1. The zero-order valence-electron chi connectivity index (χ0n) is 11.7. The molecular formula is C14H18F2N2O2. The molecule has 0 spiro atoms. The highest BCUT2D eigenvalue weighted by Crippen LogP contribution is 2.08. The van der Waals surface area contributed by atoms with Crippen molar-refractivity contribution >= 4 is 12.2 Å². The fourth-order valence-corrected chi connectivity index (χ4v) is 1.33. The van der Waals surface area contributed by atoms with Crippen molar-refractivity contribution in [3.05, 3.63) is 35.7 Å². The summed E-state index contributed by atoms with van der Waals surface area (Å²) in [6.07, 6.45) is 3.14. The number of ether oxygens (including phenoxy) is 1. The zero-order valence-corrected chi connectivity index (χ0v) is 11.7. The number of carbonyl (C=O) groups excluding carboxylic acids is 1. The highest BCUT2D eigenvalue weighted by molar-refractivity contribution is 5.67. The van der Waals surface area contributed by atoms with E-state index in [4.69, 9.17) is 4.74 Å². The van der Waals surface area contributed by atoms with Crippen LogP contribution in [0.5, 0.6) is 0 Å². The van der Waals surface area contributed by atoms with Gasteiger partial charge >= 0.3 is 6.09 Å². The third-order valence-corrected chi connectivity index (χ3v) is 2.12. The second kappa shape index (κ2) is 6.98. The number of halogens is 2. The average molecular weight is 284 g/mol. The van der Waals surface area contributed by atoms with E-state index in [0.717, 1.165) is 6.07 Å². The molecule has 1 heterocycles. The molecule has 1 aromatic rings. The minimum absolute atomic E-state index is 0.198. The Bertz CT molecular complexity index is 496. The number of amides is 1. The minimum atomic E-state index is -0.860. The molecule has 0 radical (unpaired) electrons. The van der Waals surface area contributed by atoms with Crippen LogP contribution in [0.2, 0.25) is 0 Å². The van der Waals surface area contributed by atoms with Crippen LogP contribution in [0, 0.1) is 11.9 Å². The Morgan fingerprint density at radius 3 is 2.70 bits per heavy atom. The third kappa shape index (κ3) is 6.26. The van der Waals surface area contributed by atoms with Gasteiger partial charge in [-0.15, -0.1) is 0 Å². The second-order valence-electron chi connectivity index (χ2n) is 5.13. The van der Waals surface area contributed by atoms with E-state index in [9.17, 15) is 13.6 Å². The first-order valence-corrected chi connectivity index (χ1v) is 6.23. The van der Waals surface area contributed by atoms with Crippen LogP contribution in [-0.4, -0.2) is 23.2 Å². The van der Waals surface area contributed by atoms with Crippen molar-refractivity contribution in [3.63, 3.8) is 0 Å². The van der Waals surface area contributed by atoms with Crippen molar-refractivity contribution in [2.75, 3.05) is 6.54 Å². The van der Waals surface area contributed by atoms with E-state index in [1.165, 1.54) is 12.1 Å². The molecule has 0 aliphatic rings. The Balaban J connectivity index is 2.34. The molecule has 20 heavy (non-hydrogen) atoms. The number of alkyl carbamates (subject to hydrolysis) is 1. The first-order chi connectivity index (χ1) is 9.28. The molecule has 6 heteroatoms. The maximum atomic E-state index is 13.2. The molecule has 0 aliphatic heterocycles. The predicted octanol–water partition coefficient (Wildman–Crippen LogP) is 3.29. The Kier molecular flexibility index (Phi) is 5.61. The van der Waals surface area contributed by atoms with Crippen molar-refractivity contribution in [1.29, 1.82) is 0 Å². The number of carbonyl (C=O) groups is 1. The molecule has 0 bridgehead atoms. The summed E-state index contributed by atoms with van der Waals surface area (Å²) in [7, 11) is 0. The topological polar surface area (TPSA) is 51.2 Å². The van der Waals surface area contributed by atoms with Gasteiger partial charge in [0, 0.05) is 12.1 Å². The lowest BCUT2D eigenvalue weighted by Gasteiger charge is -2.19. The van der Waals surface area contributed by atoms with E-state index in [1.54, 1.807) is 26.8 Å². The predicted molar refractivity (Wildman–Crippen MR) is 72.0 cm³/mol. The Morgan fingerprint density at radius 1 is 1.40 bits per heavy atom. The number of aromatic nitrogens is 1. The van der Waals surface area contributed by atoms with Crippen LogP contribution in [0.15, 0.2) is 18.2 Å². The normalized spacial score (nSPS) is 11.7. The molecule has 0 aromatic carbocycles. The van der Waals surface area contributed by atoms with Gasteiger partial charge in [0.15, 0.2) is 0 Å². The lowest BCUT2D eigenvalue weighted by atomic mass is 10.2. The van der Waals surface area contributed by atoms with Crippen LogP contribution < -0.4 is 5.32 Å². The molecule has 0 saturated carbocycles. The first-order valence-electron chi connectivity index (χ1n) is 6.23. The van der Waals surface area contributed by atoms with Gasteiger partial charge in [-0.2, -0.15) is 13.8 Å². The number of pyridine rings is 1. The van der Waals surface area contributed by atoms with Crippen LogP contribution in [0.4, 0.5) is 13.6 Å². The van der Waals surface area contributed by atoms with Gasteiger partial charge in [-0.1, -0.05) is 12.2 Å². The molecule has 0 unspecified atom stereocenters. The Hall–Kier alpha value is -1.98. The van der Waals surface area contributed by atoms with Gasteiger partial charge in [-0.3, -0.25) is 0 Å². The van der Waals surface area contributed by atoms with Gasteiger partial charge in [0.25, 0.3) is 0 Å². The summed E-state index contributed by atoms with van der Waals surface area (Å²) in [4.78, 5) is 14.4. The molecule has 0 atom stereocenters. The largest absolute Gasteiger partial charge is 0.444 e. The highest BCUT2D eigenvalue weighted by atomic mass is 19.1. The van der Waals surface area contributed by atoms with Crippen molar-refractivity contribution in [2.24, 2.45) is 0 Å². The summed E-state index contributed by atoms with van der Waals surface area (Å²) in [6.45, 7) is 5.69. The van der Waals surface area contributed by atoms with E-state index >= 15 is 0 Å². The fourth-order valence-electron chi connectivity index (χ4n) is 1.33. The minimum Gasteiger partial charge on any atom is -0.444 e. The molecule has 4 nitrogen and oxygen atoms in total. The lowest BCUT2D eigenvalue weighted by Crippen LogP contribution is -2.32. The standard InChI is InChI=1S/C14H18F2N2O2/c1-14(2,3)20-13(19)17-9-5-4-6-10-7-8-11(15)18-12(10)16/h4,6-8H,5,9H2,1-3H3,(H,17,19). The summed E-state index contributed by atoms with van der Waals surface area (Å²) >= 11 is 0. The van der Waals surface area contributed by atoms with Crippen LogP contribution in [-0.2, 0) is 4.74 Å². The summed E-state index contributed by atoms with van der Waals surface area (Å²) in [5.74, 6) is -1.72. The van der Waals surface area contributed by atoms with Gasteiger partial charge in [0.2, 0.25) is 11.9 Å². The second-order valence-corrected chi connectivity index (χ2v) is 5.13. The molecule has 0 aliphatic carbocycles. The molecule has 1 aromatic heterocycles. The van der Waals surface area contributed by atoms with Crippen molar-refractivity contribution in [3.8, 4) is 0 Å². The SMILES string of the molecule is CC(C)(C)OC(=O)NCCC=Cc1ccc(F)nc1F. The molecular weight excluding hydrogens is 266 g/mol. The molecule has 0 saturated heterocycles. The number of nitrogens with one attached hydrogen (secondary N) is 1. The van der Waals surface area contributed by atoms with Gasteiger partial charge in [-0.05, 0) is 39.3 Å². The van der Waals surface area contributed by atoms with E-state index in [2.05, 4.69) is 10.3 Å². The number of hydrogen-bond acceptors (Lipinski definition) is 3. The Morgan fingerprint density at radius 2 is 2.10 bits per heavy atom. The van der Waals surface area contributed by atoms with E-state index in [0.29, 0.717) is 13.0 Å². The van der Waals surface area contributed by atoms with E-state index in [1.807, 2.05) is 0 Å². The summed E-state index contributed by atoms with van der Waals surface area (Å²) in [5.41, 5.74) is -0.341. The van der Waals surface area contributed by atoms with Gasteiger partial charge < -0.3 is 10.1 Å². The summed E-state index contributed by atoms with van der Waals surface area (Å²) < 4.78 is 30.8. The lowest BCUT2D eigenvalue weighted by molar-refractivity contribution is 0.0529. The molecule has 0 fully saturated rings. The zero-order chi connectivity index (χ0) is 15.2. The van der Waals surface area contributed by atoms with Crippen LogP contribution in [0.1, 0.15) is 32.8 Å². The number of hydrogen-bond donors (Lipinski definition) is 1. The third-order valence-electron chi connectivity index (χ3n) is 2.12. The maximum Gasteiger partial charge on any atom is 0.407 e. The van der Waals surface area contributed by atoms with Crippen LogP contribution in [0.3, 0.4) is 0 Å². The van der Waals surface area contributed by atoms with Gasteiger partial charge in [-0.25, -0.2) is 4.79 Å². The smallest absolute Gasteiger partial charge is 0.407 e. The highest BCUT2D eigenvalue weighted by Gasteiger charge is 2.15. The van der Waals surface area contributed by atoms with E-state index < -0.39 is 23.6 Å². The number of rotatable bonds is 4. The molecule has 1 amide bonds. The van der Waals surface area contributed by atoms with Gasteiger partial charge in [0.05, 0.1) is 0 Å². The van der Waals surface area contributed by atoms with Crippen molar-refractivity contribution < 1.29 is 18.3 Å². The first kappa shape index (κ1) is 16.1. The fraction of sp³-hybridized carbons (Fsp3) is 0.429. The Labute approximate surface area is 116 Å². The van der Waals surface area contributed by atoms with Gasteiger partial charge in [0.1, 0.15) is 5.60 Å². The summed E-state index contributed by atoms with van der Waals surface area (Å²) in [6, 6.07) is 2.39. The van der Waals surface area contributed by atoms with E-state index in [-0.39, 0.29) is 5.56 Å². The molecule has 110 valence electrons. The maximum absolute atomic E-state index is 13.2. The summed E-state index contributed by atoms with van der Waals surface area (Å²) in [5, 5.41) is 2.57. The quantitative estimate of drug-likeness (QED) is 0.682. The van der Waals surface area contributed by atoms with Crippen LogP contribution in [0.25, 0.3) is 6.08 Å². The van der Waals surface area contributed by atoms with Crippen LogP contribution >= 0.6 is 0 Å².